The number of aromatic nitrogens is 1. The molecule has 3 nitrogen and oxygen atoms in total. The van der Waals surface area contributed by atoms with Crippen molar-refractivity contribution < 1.29 is 4.74 Å². The molecule has 0 radical (unpaired) electrons. The van der Waals surface area contributed by atoms with E-state index in [0.717, 1.165) is 35.5 Å². The molecule has 4 heteroatoms. The number of ether oxygens (including phenoxy) is 1. The average Bonchev–Trinajstić information content (AvgIpc) is 2.23. The summed E-state index contributed by atoms with van der Waals surface area (Å²) in [7, 11) is 0. The first-order valence-corrected chi connectivity index (χ1v) is 8.03. The predicted octanol–water partition coefficient (Wildman–Crippen LogP) is 3.93. The molecular formula is C17H26N2OS. The second-order valence-electron chi connectivity index (χ2n) is 7.24. The molecule has 1 saturated carbocycles. The zero-order valence-electron chi connectivity index (χ0n) is 13.7. The quantitative estimate of drug-likeness (QED) is 0.860. The summed E-state index contributed by atoms with van der Waals surface area (Å²) in [5.74, 6) is 1.47. The van der Waals surface area contributed by atoms with E-state index in [1.54, 1.807) is 0 Å². The molecule has 1 aromatic rings. The first-order chi connectivity index (χ1) is 9.68. The van der Waals surface area contributed by atoms with E-state index in [0.29, 0.717) is 16.3 Å². The first kappa shape index (κ1) is 16.2. The van der Waals surface area contributed by atoms with Gasteiger partial charge in [0.05, 0.1) is 17.4 Å². The minimum absolute atomic E-state index is 0.220. The van der Waals surface area contributed by atoms with E-state index in [4.69, 9.17) is 22.7 Å². The Kier molecular flexibility index (Phi) is 4.57. The van der Waals surface area contributed by atoms with Crippen molar-refractivity contribution in [2.45, 2.75) is 60.0 Å². The van der Waals surface area contributed by atoms with Gasteiger partial charge in [0.15, 0.2) is 0 Å². The summed E-state index contributed by atoms with van der Waals surface area (Å²) in [5, 5.41) is 0. The maximum atomic E-state index is 6.31. The standard InChI is InChI=1S/C17H26N2OS/c1-10-6-13(9-17(4,5)8-10)20-14-7-11(2)19-12(3)15(14)16(18)21/h7,10,13H,6,8-9H2,1-5H3,(H2,18,21). The fourth-order valence-corrected chi connectivity index (χ4v) is 3.96. The van der Waals surface area contributed by atoms with Gasteiger partial charge in [0, 0.05) is 11.8 Å². The van der Waals surface area contributed by atoms with Crippen LogP contribution in [0.15, 0.2) is 6.07 Å². The molecule has 1 aliphatic rings. The molecule has 116 valence electrons. The molecule has 0 aromatic carbocycles. The van der Waals surface area contributed by atoms with Crippen LogP contribution in [0.25, 0.3) is 0 Å². The van der Waals surface area contributed by atoms with E-state index in [1.807, 2.05) is 19.9 Å². The zero-order chi connectivity index (χ0) is 15.8. The van der Waals surface area contributed by atoms with Crippen molar-refractivity contribution in [3.05, 3.63) is 23.0 Å². The van der Waals surface area contributed by atoms with E-state index in [2.05, 4.69) is 25.8 Å². The third-order valence-electron chi connectivity index (χ3n) is 4.18. The fraction of sp³-hybridized carbons (Fsp3) is 0.647. The predicted molar refractivity (Wildman–Crippen MR) is 90.8 cm³/mol. The summed E-state index contributed by atoms with van der Waals surface area (Å²) >= 11 is 5.17. The fourth-order valence-electron chi connectivity index (χ4n) is 3.71. The number of hydrogen-bond acceptors (Lipinski definition) is 3. The normalized spacial score (nSPS) is 24.6. The van der Waals surface area contributed by atoms with Gasteiger partial charge in [-0.05, 0) is 44.4 Å². The smallest absolute Gasteiger partial charge is 0.133 e. The van der Waals surface area contributed by atoms with Crippen LogP contribution in [0.4, 0.5) is 0 Å². The lowest BCUT2D eigenvalue weighted by Crippen LogP contribution is -2.34. The molecule has 0 amide bonds. The molecule has 21 heavy (non-hydrogen) atoms. The van der Waals surface area contributed by atoms with E-state index in [9.17, 15) is 0 Å². The molecule has 1 aromatic heterocycles. The summed E-state index contributed by atoms with van der Waals surface area (Å²) in [6.45, 7) is 10.8. The lowest BCUT2D eigenvalue weighted by molar-refractivity contribution is 0.0560. The Morgan fingerprint density at radius 1 is 1.38 bits per heavy atom. The maximum Gasteiger partial charge on any atom is 0.133 e. The monoisotopic (exact) mass is 306 g/mol. The molecule has 2 rings (SSSR count). The third kappa shape index (κ3) is 3.94. The lowest BCUT2D eigenvalue weighted by Gasteiger charge is -2.39. The van der Waals surface area contributed by atoms with Gasteiger partial charge in [-0.15, -0.1) is 0 Å². The van der Waals surface area contributed by atoms with Crippen molar-refractivity contribution in [3.63, 3.8) is 0 Å². The Balaban J connectivity index is 2.29. The highest BCUT2D eigenvalue weighted by Crippen LogP contribution is 2.40. The van der Waals surface area contributed by atoms with Crippen LogP contribution in [0.3, 0.4) is 0 Å². The van der Waals surface area contributed by atoms with Crippen LogP contribution in [-0.4, -0.2) is 16.1 Å². The highest BCUT2D eigenvalue weighted by atomic mass is 32.1. The van der Waals surface area contributed by atoms with Crippen molar-refractivity contribution >= 4 is 17.2 Å². The van der Waals surface area contributed by atoms with Crippen molar-refractivity contribution in [3.8, 4) is 5.75 Å². The van der Waals surface area contributed by atoms with Gasteiger partial charge >= 0.3 is 0 Å². The second-order valence-corrected chi connectivity index (χ2v) is 7.68. The van der Waals surface area contributed by atoms with Crippen molar-refractivity contribution in [1.82, 2.24) is 4.98 Å². The van der Waals surface area contributed by atoms with Crippen LogP contribution in [0.2, 0.25) is 0 Å². The van der Waals surface area contributed by atoms with Crippen LogP contribution < -0.4 is 10.5 Å². The van der Waals surface area contributed by atoms with Gasteiger partial charge in [0.1, 0.15) is 10.7 Å². The van der Waals surface area contributed by atoms with Gasteiger partial charge in [-0.1, -0.05) is 33.0 Å². The molecule has 0 aliphatic heterocycles. The minimum Gasteiger partial charge on any atom is -0.490 e. The van der Waals surface area contributed by atoms with Crippen molar-refractivity contribution in [2.75, 3.05) is 0 Å². The number of aryl methyl sites for hydroxylation is 2. The summed E-state index contributed by atoms with van der Waals surface area (Å²) in [6, 6.07) is 1.95. The van der Waals surface area contributed by atoms with Gasteiger partial charge in [-0.25, -0.2) is 0 Å². The molecule has 2 N–H and O–H groups in total. The van der Waals surface area contributed by atoms with Crippen LogP contribution in [-0.2, 0) is 0 Å². The van der Waals surface area contributed by atoms with Gasteiger partial charge in [-0.3, -0.25) is 4.98 Å². The number of pyridine rings is 1. The van der Waals surface area contributed by atoms with Crippen LogP contribution in [0, 0.1) is 25.2 Å². The maximum absolute atomic E-state index is 6.31. The summed E-state index contributed by atoms with van der Waals surface area (Å²) in [4.78, 5) is 4.80. The summed E-state index contributed by atoms with van der Waals surface area (Å²) < 4.78 is 6.31. The van der Waals surface area contributed by atoms with Gasteiger partial charge in [-0.2, -0.15) is 0 Å². The highest BCUT2D eigenvalue weighted by Gasteiger charge is 2.33. The second kappa shape index (κ2) is 5.91. The number of nitrogens with two attached hydrogens (primary N) is 1. The van der Waals surface area contributed by atoms with Crippen LogP contribution >= 0.6 is 12.2 Å². The van der Waals surface area contributed by atoms with Crippen molar-refractivity contribution in [2.24, 2.45) is 17.1 Å². The van der Waals surface area contributed by atoms with E-state index >= 15 is 0 Å². The Morgan fingerprint density at radius 2 is 2.05 bits per heavy atom. The Labute approximate surface area is 133 Å². The van der Waals surface area contributed by atoms with E-state index in [1.165, 1.54) is 6.42 Å². The first-order valence-electron chi connectivity index (χ1n) is 7.62. The van der Waals surface area contributed by atoms with Crippen LogP contribution in [0.5, 0.6) is 5.75 Å². The number of thiocarbonyl (C=S) groups is 1. The topological polar surface area (TPSA) is 48.1 Å². The minimum atomic E-state index is 0.220. The Hall–Kier alpha value is -1.16. The molecule has 1 fully saturated rings. The summed E-state index contributed by atoms with van der Waals surface area (Å²) in [5.41, 5.74) is 8.75. The highest BCUT2D eigenvalue weighted by molar-refractivity contribution is 7.80. The molecule has 0 bridgehead atoms. The number of nitrogens with zero attached hydrogens (tertiary/aromatic N) is 1. The Morgan fingerprint density at radius 3 is 2.62 bits per heavy atom. The van der Waals surface area contributed by atoms with Gasteiger partial charge in [0.2, 0.25) is 0 Å². The Bertz CT molecular complexity index is 554. The van der Waals surface area contributed by atoms with Gasteiger partial charge < -0.3 is 10.5 Å². The molecule has 0 saturated heterocycles. The largest absolute Gasteiger partial charge is 0.490 e. The molecule has 1 heterocycles. The SMILES string of the molecule is Cc1cc(OC2CC(C)CC(C)(C)C2)c(C(N)=S)c(C)n1. The molecular weight excluding hydrogens is 280 g/mol. The molecule has 1 aliphatic carbocycles. The molecule has 2 atom stereocenters. The molecule has 2 unspecified atom stereocenters. The number of hydrogen-bond donors (Lipinski definition) is 1. The van der Waals surface area contributed by atoms with E-state index < -0.39 is 0 Å². The van der Waals surface area contributed by atoms with Crippen LogP contribution in [0.1, 0.15) is 57.0 Å². The zero-order valence-corrected chi connectivity index (χ0v) is 14.5. The van der Waals surface area contributed by atoms with Gasteiger partial charge in [0.25, 0.3) is 0 Å². The lowest BCUT2D eigenvalue weighted by atomic mass is 9.71. The van der Waals surface area contributed by atoms with Crippen molar-refractivity contribution in [1.29, 1.82) is 0 Å². The van der Waals surface area contributed by atoms with E-state index in [-0.39, 0.29) is 6.10 Å². The molecule has 0 spiro atoms. The average molecular weight is 306 g/mol. The number of rotatable bonds is 3. The summed E-state index contributed by atoms with van der Waals surface area (Å²) in [6.07, 6.45) is 3.62. The third-order valence-corrected chi connectivity index (χ3v) is 4.38.